The summed E-state index contributed by atoms with van der Waals surface area (Å²) in [7, 11) is 0. The Morgan fingerprint density at radius 2 is 1.43 bits per heavy atom. The van der Waals surface area contributed by atoms with Crippen LogP contribution in [0.15, 0.2) is 0 Å². The van der Waals surface area contributed by atoms with E-state index < -0.39 is 0 Å². The molecule has 0 aliphatic rings. The molecule has 0 unspecified atom stereocenters. The maximum absolute atomic E-state index is 5.48. The zero-order chi connectivity index (χ0) is 5.21. The Morgan fingerprint density at radius 1 is 1.29 bits per heavy atom. The van der Waals surface area contributed by atoms with Crippen LogP contribution in [0.3, 0.4) is 0 Å². The maximum Gasteiger partial charge on any atom is 0.316 e. The fourth-order valence-electron chi connectivity index (χ4n) is 0. The van der Waals surface area contributed by atoms with E-state index in [0.29, 0.717) is 5.41 Å². The molecule has 7 heavy (non-hydrogen) atoms. The first kappa shape index (κ1) is 10.9. The first-order valence-corrected chi connectivity index (χ1v) is 2.66. The van der Waals surface area contributed by atoms with Gasteiger partial charge in [0.25, 0.3) is 0 Å². The molecule has 0 aromatic heterocycles. The molecule has 0 nitrogen and oxygen atoms in total. The lowest BCUT2D eigenvalue weighted by Gasteiger charge is -2.10. The molecule has 0 bridgehead atoms. The molecule has 0 spiro atoms. The van der Waals surface area contributed by atoms with E-state index in [9.17, 15) is 0 Å². The Balaban J connectivity index is 0. The third-order valence-corrected chi connectivity index (χ3v) is 1.20. The summed E-state index contributed by atoms with van der Waals surface area (Å²) in [5.41, 5.74) is 0.307. The molecule has 0 saturated heterocycles. The third-order valence-electron chi connectivity index (χ3n) is 0.401. The lowest BCUT2D eigenvalue weighted by atomic mass is 10.0. The summed E-state index contributed by atoms with van der Waals surface area (Å²) in [5.74, 6) is 0.743. The van der Waals surface area contributed by atoms with Gasteiger partial charge in [-0.15, -0.1) is 11.6 Å². The zero-order valence-electron chi connectivity index (χ0n) is 4.59. The SMILES string of the molecule is CC(C)(C)CCl.[MgH2]. The van der Waals surface area contributed by atoms with E-state index in [-0.39, 0.29) is 23.1 Å². The number of rotatable bonds is 0. The van der Waals surface area contributed by atoms with Gasteiger partial charge in [0, 0.05) is 5.88 Å². The Morgan fingerprint density at radius 3 is 1.43 bits per heavy atom. The van der Waals surface area contributed by atoms with Crippen molar-refractivity contribution in [1.29, 1.82) is 0 Å². The normalized spacial score (nSPS) is 10.3. The molecule has 42 valence electrons. The fraction of sp³-hybridized carbons (Fsp3) is 1.00. The van der Waals surface area contributed by atoms with Gasteiger partial charge in [-0.25, -0.2) is 0 Å². The van der Waals surface area contributed by atoms with Crippen LogP contribution in [-0.2, 0) is 0 Å². The molecule has 0 aliphatic heterocycles. The largest absolute Gasteiger partial charge is 0.316 e. The highest BCUT2D eigenvalue weighted by atomic mass is 35.5. The second-order valence-electron chi connectivity index (χ2n) is 2.69. The molecule has 0 fully saturated rings. The van der Waals surface area contributed by atoms with Crippen molar-refractivity contribution in [3.63, 3.8) is 0 Å². The quantitative estimate of drug-likeness (QED) is 0.345. The van der Waals surface area contributed by atoms with Crippen molar-refractivity contribution < 1.29 is 0 Å². The van der Waals surface area contributed by atoms with Gasteiger partial charge in [-0.1, -0.05) is 20.8 Å². The number of hydrogen-bond donors (Lipinski definition) is 0. The van der Waals surface area contributed by atoms with E-state index in [1.165, 1.54) is 0 Å². The van der Waals surface area contributed by atoms with Crippen LogP contribution in [0, 0.1) is 5.41 Å². The highest BCUT2D eigenvalue weighted by molar-refractivity contribution is 6.18. The van der Waals surface area contributed by atoms with Crippen molar-refractivity contribution in [3.8, 4) is 0 Å². The van der Waals surface area contributed by atoms with Crippen LogP contribution in [0.1, 0.15) is 20.8 Å². The molecule has 0 N–H and O–H groups in total. The third kappa shape index (κ3) is 11.0. The van der Waals surface area contributed by atoms with Gasteiger partial charge in [-0.05, 0) is 5.41 Å². The number of hydrogen-bond acceptors (Lipinski definition) is 0. The molecule has 0 atom stereocenters. The average Bonchev–Trinajstić information content (AvgIpc) is 1.35. The van der Waals surface area contributed by atoms with Crippen LogP contribution >= 0.6 is 11.6 Å². The molecule has 0 saturated carbocycles. The summed E-state index contributed by atoms with van der Waals surface area (Å²) >= 11 is 5.48. The van der Waals surface area contributed by atoms with Gasteiger partial charge in [0.2, 0.25) is 0 Å². The van der Waals surface area contributed by atoms with Gasteiger partial charge in [0.15, 0.2) is 0 Å². The van der Waals surface area contributed by atoms with Crippen LogP contribution in [0.25, 0.3) is 0 Å². The lowest BCUT2D eigenvalue weighted by Crippen LogP contribution is -2.05. The van der Waals surface area contributed by atoms with E-state index in [1.807, 2.05) is 0 Å². The molecule has 0 aromatic rings. The van der Waals surface area contributed by atoms with Crippen molar-refractivity contribution in [2.24, 2.45) is 5.41 Å². The van der Waals surface area contributed by atoms with E-state index >= 15 is 0 Å². The van der Waals surface area contributed by atoms with Crippen LogP contribution in [0.2, 0.25) is 0 Å². The standard InChI is InChI=1S/C5H11Cl.Mg.2H/c1-5(2,3)4-6;;;/h4H2,1-3H3;;;. The van der Waals surface area contributed by atoms with Gasteiger partial charge in [0.05, 0.1) is 0 Å². The average molecular weight is 133 g/mol. The number of alkyl halides is 1. The summed E-state index contributed by atoms with van der Waals surface area (Å²) in [5, 5.41) is 0. The molecular formula is C5H13ClMg. The van der Waals surface area contributed by atoms with Crippen LogP contribution in [0.5, 0.6) is 0 Å². The minimum atomic E-state index is 0. The predicted molar refractivity (Wildman–Crippen MR) is 38.7 cm³/mol. The molecular weight excluding hydrogens is 120 g/mol. The van der Waals surface area contributed by atoms with Gasteiger partial charge >= 0.3 is 23.1 Å². The Labute approximate surface area is 66.8 Å². The molecule has 0 aliphatic carbocycles. The monoisotopic (exact) mass is 132 g/mol. The first-order valence-electron chi connectivity index (χ1n) is 2.12. The second-order valence-corrected chi connectivity index (χ2v) is 2.96. The molecule has 2 heteroatoms. The molecule has 0 aromatic carbocycles. The minimum Gasteiger partial charge on any atom is -0.126 e. The fourth-order valence-corrected chi connectivity index (χ4v) is 0. The molecule has 0 heterocycles. The molecule has 0 amide bonds. The molecule has 0 rings (SSSR count). The van der Waals surface area contributed by atoms with Gasteiger partial charge in [-0.2, -0.15) is 0 Å². The van der Waals surface area contributed by atoms with Gasteiger partial charge < -0.3 is 0 Å². The summed E-state index contributed by atoms with van der Waals surface area (Å²) in [6, 6.07) is 0. The van der Waals surface area contributed by atoms with Crippen molar-refractivity contribution in [1.82, 2.24) is 0 Å². The van der Waals surface area contributed by atoms with E-state index in [2.05, 4.69) is 20.8 Å². The molecule has 0 radical (unpaired) electrons. The highest BCUT2D eigenvalue weighted by Gasteiger charge is 2.05. The Kier molecular flexibility index (Phi) is 6.23. The zero-order valence-corrected chi connectivity index (χ0v) is 5.34. The van der Waals surface area contributed by atoms with Crippen LogP contribution < -0.4 is 0 Å². The lowest BCUT2D eigenvalue weighted by molar-refractivity contribution is 0.477. The summed E-state index contributed by atoms with van der Waals surface area (Å²) in [6.45, 7) is 6.33. The van der Waals surface area contributed by atoms with Crippen molar-refractivity contribution >= 4 is 34.7 Å². The van der Waals surface area contributed by atoms with E-state index in [4.69, 9.17) is 11.6 Å². The van der Waals surface area contributed by atoms with Crippen molar-refractivity contribution in [2.75, 3.05) is 5.88 Å². The van der Waals surface area contributed by atoms with Crippen LogP contribution in [0.4, 0.5) is 0 Å². The Bertz CT molecular complexity index is 37.8. The summed E-state index contributed by atoms with van der Waals surface area (Å²) in [6.07, 6.45) is 0. The summed E-state index contributed by atoms with van der Waals surface area (Å²) < 4.78 is 0. The first-order chi connectivity index (χ1) is 2.56. The maximum atomic E-state index is 5.48. The van der Waals surface area contributed by atoms with E-state index in [1.54, 1.807) is 0 Å². The topological polar surface area (TPSA) is 0 Å². The smallest absolute Gasteiger partial charge is 0.126 e. The highest BCUT2D eigenvalue weighted by Crippen LogP contribution is 2.13. The second kappa shape index (κ2) is 3.99. The van der Waals surface area contributed by atoms with Gasteiger partial charge in [0.1, 0.15) is 0 Å². The van der Waals surface area contributed by atoms with Gasteiger partial charge in [-0.3, -0.25) is 0 Å². The van der Waals surface area contributed by atoms with E-state index in [0.717, 1.165) is 5.88 Å². The van der Waals surface area contributed by atoms with Crippen molar-refractivity contribution in [2.45, 2.75) is 20.8 Å². The Hall–Kier alpha value is 1.06. The minimum absolute atomic E-state index is 0. The van der Waals surface area contributed by atoms with Crippen molar-refractivity contribution in [3.05, 3.63) is 0 Å². The summed E-state index contributed by atoms with van der Waals surface area (Å²) in [4.78, 5) is 0. The predicted octanol–water partition coefficient (Wildman–Crippen LogP) is 1.36. The van der Waals surface area contributed by atoms with Crippen LogP contribution in [-0.4, -0.2) is 28.9 Å². The number of halogens is 1.